The van der Waals surface area contributed by atoms with E-state index in [1.807, 2.05) is 26.8 Å². The fourth-order valence-electron chi connectivity index (χ4n) is 0.723. The second-order valence-corrected chi connectivity index (χ2v) is 3.78. The smallest absolute Gasteiger partial charge is 0.296 e. The lowest BCUT2D eigenvalue weighted by atomic mass is 9.88. The topological polar surface area (TPSA) is 52.9 Å². The third-order valence-corrected chi connectivity index (χ3v) is 1.51. The molecule has 70 valence electrons. The Labute approximate surface area is 79.1 Å². The van der Waals surface area contributed by atoms with Crippen LogP contribution in [0.15, 0.2) is 0 Å². The van der Waals surface area contributed by atoms with Crippen LogP contribution in [-0.4, -0.2) is 11.9 Å². The summed E-state index contributed by atoms with van der Waals surface area (Å²) in [7, 11) is 0. The number of hydrogen-bond donors (Lipinski definition) is 1. The molecule has 1 unspecified atom stereocenters. The minimum atomic E-state index is -0.499. The number of nitrogens with zero attached hydrogens (tertiary/aromatic N) is 1. The molecule has 0 aliphatic heterocycles. The number of nitriles is 1. The van der Waals surface area contributed by atoms with E-state index in [2.05, 4.69) is 17.2 Å². The van der Waals surface area contributed by atoms with E-state index < -0.39 is 11.9 Å². The average Bonchev–Trinajstić information content (AvgIpc) is 1.98. The standard InChI is InChI=1S/C10H14N2O/c1-5-6-9(13)12-8(7-11)10(2,3)4/h8H,1-4H3,(H,12,13). The average molecular weight is 178 g/mol. The third-order valence-electron chi connectivity index (χ3n) is 1.51. The van der Waals surface area contributed by atoms with Gasteiger partial charge in [-0.15, -0.1) is 0 Å². The molecule has 3 nitrogen and oxygen atoms in total. The Balaban J connectivity index is 4.39. The van der Waals surface area contributed by atoms with Gasteiger partial charge in [0.1, 0.15) is 6.04 Å². The van der Waals surface area contributed by atoms with Gasteiger partial charge in [0.25, 0.3) is 5.91 Å². The van der Waals surface area contributed by atoms with E-state index in [-0.39, 0.29) is 5.41 Å². The summed E-state index contributed by atoms with van der Waals surface area (Å²) in [6, 6.07) is 1.53. The number of nitrogens with one attached hydrogen (secondary N) is 1. The fourth-order valence-corrected chi connectivity index (χ4v) is 0.723. The van der Waals surface area contributed by atoms with Crippen molar-refractivity contribution in [3.63, 3.8) is 0 Å². The van der Waals surface area contributed by atoms with Crippen LogP contribution in [0.2, 0.25) is 0 Å². The van der Waals surface area contributed by atoms with Gasteiger partial charge in [0.2, 0.25) is 0 Å². The van der Waals surface area contributed by atoms with Gasteiger partial charge < -0.3 is 5.32 Å². The first-order valence-electron chi connectivity index (χ1n) is 4.04. The lowest BCUT2D eigenvalue weighted by molar-refractivity contribution is -0.116. The van der Waals surface area contributed by atoms with Crippen LogP contribution in [0.3, 0.4) is 0 Å². The van der Waals surface area contributed by atoms with Gasteiger partial charge in [-0.2, -0.15) is 5.26 Å². The van der Waals surface area contributed by atoms with Gasteiger partial charge in [0.15, 0.2) is 0 Å². The van der Waals surface area contributed by atoms with Gasteiger partial charge in [0.05, 0.1) is 6.07 Å². The van der Waals surface area contributed by atoms with Crippen LogP contribution in [0, 0.1) is 28.6 Å². The Morgan fingerprint density at radius 2 is 2.00 bits per heavy atom. The normalized spacial score (nSPS) is 11.9. The Morgan fingerprint density at radius 3 is 2.31 bits per heavy atom. The summed E-state index contributed by atoms with van der Waals surface area (Å²) >= 11 is 0. The molecule has 13 heavy (non-hydrogen) atoms. The lowest BCUT2D eigenvalue weighted by Crippen LogP contribution is -2.42. The van der Waals surface area contributed by atoms with E-state index >= 15 is 0 Å². The monoisotopic (exact) mass is 178 g/mol. The highest BCUT2D eigenvalue weighted by Gasteiger charge is 2.25. The molecule has 1 N–H and O–H groups in total. The molecular formula is C10H14N2O. The van der Waals surface area contributed by atoms with Gasteiger partial charge in [-0.05, 0) is 18.3 Å². The Hall–Kier alpha value is -1.48. The van der Waals surface area contributed by atoms with Crippen LogP contribution >= 0.6 is 0 Å². The van der Waals surface area contributed by atoms with Crippen molar-refractivity contribution >= 4 is 5.91 Å². The summed E-state index contributed by atoms with van der Waals surface area (Å²) < 4.78 is 0. The van der Waals surface area contributed by atoms with Gasteiger partial charge in [0, 0.05) is 0 Å². The van der Waals surface area contributed by atoms with E-state index in [0.717, 1.165) is 0 Å². The maximum atomic E-state index is 11.0. The van der Waals surface area contributed by atoms with E-state index in [4.69, 9.17) is 5.26 Å². The predicted octanol–water partition coefficient (Wildman–Crippen LogP) is 1.06. The number of rotatable bonds is 1. The molecule has 1 atom stereocenters. The van der Waals surface area contributed by atoms with Crippen LogP contribution in [-0.2, 0) is 4.79 Å². The molecule has 0 heterocycles. The molecule has 0 bridgehead atoms. The van der Waals surface area contributed by atoms with Crippen molar-refractivity contribution in [1.82, 2.24) is 5.32 Å². The van der Waals surface area contributed by atoms with E-state index in [1.165, 1.54) is 0 Å². The summed E-state index contributed by atoms with van der Waals surface area (Å²) in [5.41, 5.74) is -0.264. The van der Waals surface area contributed by atoms with Crippen molar-refractivity contribution in [2.45, 2.75) is 33.7 Å². The first-order valence-corrected chi connectivity index (χ1v) is 4.04. The molecular weight excluding hydrogens is 164 g/mol. The van der Waals surface area contributed by atoms with Crippen molar-refractivity contribution in [1.29, 1.82) is 5.26 Å². The van der Waals surface area contributed by atoms with Gasteiger partial charge in [-0.1, -0.05) is 26.7 Å². The Bertz CT molecular complexity index is 283. The van der Waals surface area contributed by atoms with E-state index in [1.54, 1.807) is 6.92 Å². The van der Waals surface area contributed by atoms with Gasteiger partial charge in [-0.25, -0.2) is 0 Å². The summed E-state index contributed by atoms with van der Waals surface area (Å²) in [6.45, 7) is 7.25. The predicted molar refractivity (Wildman–Crippen MR) is 50.4 cm³/mol. The van der Waals surface area contributed by atoms with Crippen LogP contribution in [0.4, 0.5) is 0 Å². The zero-order valence-corrected chi connectivity index (χ0v) is 8.43. The first-order chi connectivity index (χ1) is 5.91. The molecule has 0 spiro atoms. The molecule has 0 rings (SSSR count). The first kappa shape index (κ1) is 11.5. The lowest BCUT2D eigenvalue weighted by Gasteiger charge is -2.24. The highest BCUT2D eigenvalue weighted by molar-refractivity contribution is 5.93. The number of hydrogen-bond acceptors (Lipinski definition) is 2. The largest absolute Gasteiger partial charge is 0.329 e. The third kappa shape index (κ3) is 4.18. The van der Waals surface area contributed by atoms with Gasteiger partial charge >= 0.3 is 0 Å². The van der Waals surface area contributed by atoms with Crippen LogP contribution in [0.1, 0.15) is 27.7 Å². The zero-order valence-electron chi connectivity index (χ0n) is 8.43. The molecule has 0 aliphatic carbocycles. The van der Waals surface area contributed by atoms with Crippen molar-refractivity contribution in [2.24, 2.45) is 5.41 Å². The molecule has 0 radical (unpaired) electrons. The molecule has 0 saturated carbocycles. The molecule has 0 aromatic heterocycles. The maximum absolute atomic E-state index is 11.0. The fraction of sp³-hybridized carbons (Fsp3) is 0.600. The maximum Gasteiger partial charge on any atom is 0.296 e. The molecule has 0 aliphatic rings. The molecule has 1 amide bonds. The Morgan fingerprint density at radius 1 is 1.46 bits per heavy atom. The highest BCUT2D eigenvalue weighted by atomic mass is 16.1. The molecule has 0 fully saturated rings. The van der Waals surface area contributed by atoms with Crippen molar-refractivity contribution in [3.05, 3.63) is 0 Å². The van der Waals surface area contributed by atoms with Crippen LogP contribution in [0.25, 0.3) is 0 Å². The van der Waals surface area contributed by atoms with Crippen molar-refractivity contribution in [2.75, 3.05) is 0 Å². The highest BCUT2D eigenvalue weighted by Crippen LogP contribution is 2.18. The van der Waals surface area contributed by atoms with Crippen LogP contribution in [0.5, 0.6) is 0 Å². The molecule has 3 heteroatoms. The Kier molecular flexibility index (Phi) is 4.01. The summed E-state index contributed by atoms with van der Waals surface area (Å²) in [5, 5.41) is 11.3. The van der Waals surface area contributed by atoms with Crippen LogP contribution < -0.4 is 5.32 Å². The number of carbonyl (C=O) groups is 1. The second-order valence-electron chi connectivity index (χ2n) is 3.78. The summed E-state index contributed by atoms with van der Waals surface area (Å²) in [6.07, 6.45) is 0. The summed E-state index contributed by atoms with van der Waals surface area (Å²) in [4.78, 5) is 11.0. The number of amides is 1. The summed E-state index contributed by atoms with van der Waals surface area (Å²) in [5.74, 6) is 4.41. The molecule has 0 saturated heterocycles. The van der Waals surface area contributed by atoms with Crippen molar-refractivity contribution in [3.8, 4) is 17.9 Å². The second kappa shape index (κ2) is 4.52. The zero-order chi connectivity index (χ0) is 10.5. The molecule has 0 aromatic rings. The number of carbonyl (C=O) groups excluding carboxylic acids is 1. The van der Waals surface area contributed by atoms with Crippen molar-refractivity contribution < 1.29 is 4.79 Å². The van der Waals surface area contributed by atoms with Gasteiger partial charge in [-0.3, -0.25) is 4.79 Å². The minimum Gasteiger partial charge on any atom is -0.329 e. The SMILES string of the molecule is CC#CC(=O)NC(C#N)C(C)(C)C. The molecule has 0 aromatic carbocycles. The van der Waals surface area contributed by atoms with E-state index in [0.29, 0.717) is 0 Å². The van der Waals surface area contributed by atoms with E-state index in [9.17, 15) is 4.79 Å². The minimum absolute atomic E-state index is 0.264. The quantitative estimate of drug-likeness (QED) is 0.610.